The fourth-order valence-corrected chi connectivity index (χ4v) is 0.336. The second-order valence-electron chi connectivity index (χ2n) is 1.31. The number of carbonyl (C=O) groups is 1. The number of aromatic amines is 1. The van der Waals surface area contributed by atoms with Gasteiger partial charge < -0.3 is 5.73 Å². The van der Waals surface area contributed by atoms with Gasteiger partial charge in [-0.05, 0) is 5.16 Å². The normalized spacial score (nSPS) is 8.18. The van der Waals surface area contributed by atoms with Crippen molar-refractivity contribution in [3.8, 4) is 0 Å². The molecule has 0 unspecified atom stereocenters. The summed E-state index contributed by atoms with van der Waals surface area (Å²) in [6.07, 6.45) is 0. The fraction of sp³-hybridized carbons (Fsp3) is 0.400. The van der Waals surface area contributed by atoms with Crippen molar-refractivity contribution in [1.29, 1.82) is 0 Å². The largest absolute Gasteiger partial charge is 0.439 e. The third-order valence-corrected chi connectivity index (χ3v) is 0.674. The van der Waals surface area contributed by atoms with Gasteiger partial charge in [-0.1, -0.05) is 13.8 Å². The molecule has 6 nitrogen and oxygen atoms in total. The highest BCUT2D eigenvalue weighted by molar-refractivity contribution is 5.88. The average molecular weight is 161 g/mol. The number of nitrogens with one attached hydrogen (secondary N) is 1. The molecule has 0 atom stereocenters. The van der Waals surface area contributed by atoms with E-state index in [1.54, 1.807) is 0 Å². The van der Waals surface area contributed by atoms with Crippen molar-refractivity contribution in [1.82, 2.24) is 10.1 Å². The number of carbonyl (C=O) groups excluding carboxylic acids is 1. The molecule has 6 heteroatoms. The monoisotopic (exact) mass is 161 g/mol. The van der Waals surface area contributed by atoms with Crippen LogP contribution in [0.2, 0.25) is 0 Å². The Morgan fingerprint density at radius 3 is 2.45 bits per heavy atom. The van der Waals surface area contributed by atoms with Crippen molar-refractivity contribution in [3.63, 3.8) is 0 Å². The Labute approximate surface area is 63.9 Å². The Bertz CT molecular complexity index is 279. The van der Waals surface area contributed by atoms with E-state index in [4.69, 9.17) is 5.73 Å². The summed E-state index contributed by atoms with van der Waals surface area (Å²) in [5.41, 5.74) is 4.70. The molecule has 1 heterocycles. The molecule has 0 saturated heterocycles. The molecule has 11 heavy (non-hydrogen) atoms. The number of hydrogen-bond donors (Lipinski definition) is 2. The van der Waals surface area contributed by atoms with Crippen LogP contribution in [0.5, 0.6) is 0 Å². The van der Waals surface area contributed by atoms with Crippen LogP contribution in [0, 0.1) is 0 Å². The number of hydrogen-bond acceptors (Lipinski definition) is 4. The maximum atomic E-state index is 10.1. The highest BCUT2D eigenvalue weighted by atomic mass is 16.5. The predicted octanol–water partition coefficient (Wildman–Crippen LogP) is -0.266. The molecule has 1 rings (SSSR count). The minimum Gasteiger partial charge on any atom is -0.363 e. The Hall–Kier alpha value is -1.59. The highest BCUT2D eigenvalue weighted by Crippen LogP contribution is 1.77. The molecular weight excluding hydrogens is 150 g/mol. The Morgan fingerprint density at radius 2 is 2.27 bits per heavy atom. The van der Waals surface area contributed by atoms with Crippen LogP contribution in [0.1, 0.15) is 25.9 Å². The van der Waals surface area contributed by atoms with Gasteiger partial charge in [-0.15, -0.1) is 0 Å². The first-order valence-electron chi connectivity index (χ1n) is 3.06. The number of nitrogens with two attached hydrogens (primary N) is 1. The maximum absolute atomic E-state index is 10.1. The topological polar surface area (TPSA) is 102 Å². The van der Waals surface area contributed by atoms with Crippen LogP contribution in [0.15, 0.2) is 9.32 Å². The molecule has 3 N–H and O–H groups in total. The minimum atomic E-state index is -0.819. The second-order valence-corrected chi connectivity index (χ2v) is 1.31. The zero-order chi connectivity index (χ0) is 8.85. The lowest BCUT2D eigenvalue weighted by molar-refractivity contribution is 0.0987. The van der Waals surface area contributed by atoms with Crippen LogP contribution in [0.4, 0.5) is 0 Å². The Balaban J connectivity index is 0. The summed E-state index contributed by atoms with van der Waals surface area (Å²) in [6.45, 7) is 4.00. The van der Waals surface area contributed by atoms with Gasteiger partial charge in [0.25, 0.3) is 5.91 Å². The van der Waals surface area contributed by atoms with E-state index in [0.717, 1.165) is 0 Å². The van der Waals surface area contributed by atoms with Gasteiger partial charge in [0.1, 0.15) is 0 Å². The van der Waals surface area contributed by atoms with Crippen LogP contribution >= 0.6 is 0 Å². The van der Waals surface area contributed by atoms with Gasteiger partial charge in [0, 0.05) is 1.43 Å². The molecule has 1 amide bonds. The summed E-state index contributed by atoms with van der Waals surface area (Å²) in [7, 11) is 0. The molecule has 0 aromatic carbocycles. The maximum Gasteiger partial charge on any atom is 0.439 e. The van der Waals surface area contributed by atoms with Crippen LogP contribution in [-0.4, -0.2) is 16.0 Å². The summed E-state index contributed by atoms with van der Waals surface area (Å²) in [4.78, 5) is 22.2. The number of rotatable bonds is 1. The van der Waals surface area contributed by atoms with Crippen molar-refractivity contribution in [2.45, 2.75) is 13.8 Å². The molecule has 0 saturated carbocycles. The Morgan fingerprint density at radius 1 is 1.73 bits per heavy atom. The predicted molar refractivity (Wildman–Crippen MR) is 39.1 cm³/mol. The van der Waals surface area contributed by atoms with Gasteiger partial charge in [0.05, 0.1) is 0 Å². The van der Waals surface area contributed by atoms with Gasteiger partial charge in [0.2, 0.25) is 5.82 Å². The van der Waals surface area contributed by atoms with Crippen LogP contribution in [0.25, 0.3) is 0 Å². The lowest BCUT2D eigenvalue weighted by Gasteiger charge is -1.76. The van der Waals surface area contributed by atoms with Gasteiger partial charge >= 0.3 is 5.76 Å². The number of primary amides is 1. The number of aromatic nitrogens is 2. The highest BCUT2D eigenvalue weighted by Gasteiger charge is 2.04. The standard InChI is InChI=1S/C3H3N3O3.C2H6.H2/c4-1(7)2-5-3(8)9-6-2;1-2;/h(H2,4,7)(H,5,6,8);1-2H3;1H. The van der Waals surface area contributed by atoms with Crippen LogP contribution in [-0.2, 0) is 0 Å². The molecule has 0 aliphatic rings. The van der Waals surface area contributed by atoms with Crippen molar-refractivity contribution in [3.05, 3.63) is 16.4 Å². The zero-order valence-electron chi connectivity index (χ0n) is 6.25. The summed E-state index contributed by atoms with van der Waals surface area (Å²) >= 11 is 0. The van der Waals surface area contributed by atoms with E-state index in [-0.39, 0.29) is 7.25 Å². The van der Waals surface area contributed by atoms with Gasteiger partial charge in [-0.25, -0.2) is 4.79 Å². The fourth-order valence-electron chi connectivity index (χ4n) is 0.336. The summed E-state index contributed by atoms with van der Waals surface area (Å²) in [5, 5.41) is 3.00. The molecule has 0 spiro atoms. The first kappa shape index (κ1) is 9.41. The second kappa shape index (κ2) is 4.26. The van der Waals surface area contributed by atoms with E-state index in [9.17, 15) is 9.59 Å². The van der Waals surface area contributed by atoms with E-state index in [0.29, 0.717) is 0 Å². The molecule has 0 aliphatic heterocycles. The van der Waals surface area contributed by atoms with Gasteiger partial charge in [-0.3, -0.25) is 14.3 Å². The first-order chi connectivity index (χ1) is 5.20. The van der Waals surface area contributed by atoms with E-state index in [1.807, 2.05) is 18.8 Å². The molecule has 64 valence electrons. The van der Waals surface area contributed by atoms with Crippen LogP contribution in [0.3, 0.4) is 0 Å². The van der Waals surface area contributed by atoms with Gasteiger partial charge in [-0.2, -0.15) is 0 Å². The summed E-state index contributed by atoms with van der Waals surface area (Å²) in [5.74, 6) is -1.87. The van der Waals surface area contributed by atoms with Crippen molar-refractivity contribution in [2.75, 3.05) is 0 Å². The van der Waals surface area contributed by atoms with Crippen LogP contribution < -0.4 is 11.5 Å². The zero-order valence-corrected chi connectivity index (χ0v) is 6.25. The molecule has 1 aromatic heterocycles. The first-order valence-corrected chi connectivity index (χ1v) is 3.06. The number of H-pyrrole nitrogens is 1. The number of amides is 1. The molecule has 0 radical (unpaired) electrons. The number of nitrogens with zero attached hydrogens (tertiary/aromatic N) is 1. The minimum absolute atomic E-state index is 0. The summed E-state index contributed by atoms with van der Waals surface area (Å²) in [6, 6.07) is 0. The average Bonchev–Trinajstić information content (AvgIpc) is 2.40. The van der Waals surface area contributed by atoms with Crippen molar-refractivity contribution < 1.29 is 10.7 Å². The third-order valence-electron chi connectivity index (χ3n) is 0.674. The SMILES string of the molecule is CC.NC(=O)c1noc(=O)[nH]1.[HH]. The van der Waals surface area contributed by atoms with E-state index in [1.165, 1.54) is 0 Å². The quantitative estimate of drug-likeness (QED) is 0.592. The lowest BCUT2D eigenvalue weighted by Crippen LogP contribution is -2.14. The third kappa shape index (κ3) is 2.65. The van der Waals surface area contributed by atoms with E-state index in [2.05, 4.69) is 9.68 Å². The molecule has 0 bridgehead atoms. The molecule has 1 aromatic rings. The molecular formula is C5H11N3O3. The van der Waals surface area contributed by atoms with E-state index < -0.39 is 11.7 Å². The van der Waals surface area contributed by atoms with E-state index >= 15 is 0 Å². The smallest absolute Gasteiger partial charge is 0.363 e. The van der Waals surface area contributed by atoms with Gasteiger partial charge in [0.15, 0.2) is 0 Å². The molecule has 0 fully saturated rings. The van der Waals surface area contributed by atoms with Crippen molar-refractivity contribution >= 4 is 5.91 Å². The molecule has 0 aliphatic carbocycles. The lowest BCUT2D eigenvalue weighted by atomic mass is 10.6. The van der Waals surface area contributed by atoms with Crippen molar-refractivity contribution in [2.24, 2.45) is 5.73 Å². The summed E-state index contributed by atoms with van der Waals surface area (Å²) < 4.78 is 3.96. The Kier molecular flexibility index (Phi) is 3.65.